The second-order valence-corrected chi connectivity index (χ2v) is 5.29. The lowest BCUT2D eigenvalue weighted by atomic mass is 9.80. The first-order valence-electron chi connectivity index (χ1n) is 6.92. The van der Waals surface area contributed by atoms with Crippen molar-refractivity contribution in [2.75, 3.05) is 13.2 Å². The third kappa shape index (κ3) is 3.98. The molecule has 2 N–H and O–H groups in total. The lowest BCUT2D eigenvalue weighted by Gasteiger charge is -2.30. The number of nitrogens with two attached hydrogens (primary N) is 1. The summed E-state index contributed by atoms with van der Waals surface area (Å²) in [5, 5.41) is 0. The Morgan fingerprint density at radius 2 is 1.89 bits per heavy atom. The number of benzene rings is 1. The zero-order valence-corrected chi connectivity index (χ0v) is 11.1. The molecule has 2 atom stereocenters. The highest BCUT2D eigenvalue weighted by Crippen LogP contribution is 2.29. The van der Waals surface area contributed by atoms with Crippen LogP contribution in [0, 0.1) is 23.5 Å². The monoisotopic (exact) mass is 269 g/mol. The summed E-state index contributed by atoms with van der Waals surface area (Å²) in [6, 6.07) is 3.58. The average Bonchev–Trinajstić information content (AvgIpc) is 2.42. The van der Waals surface area contributed by atoms with E-state index in [1.807, 2.05) is 0 Å². The summed E-state index contributed by atoms with van der Waals surface area (Å²) in [4.78, 5) is 0. The van der Waals surface area contributed by atoms with Crippen LogP contribution in [0.25, 0.3) is 0 Å². The van der Waals surface area contributed by atoms with Crippen molar-refractivity contribution < 1.29 is 13.5 Å². The Morgan fingerprint density at radius 3 is 2.58 bits per heavy atom. The minimum absolute atomic E-state index is 0.194. The van der Waals surface area contributed by atoms with Crippen molar-refractivity contribution in [2.45, 2.75) is 32.3 Å². The van der Waals surface area contributed by atoms with Gasteiger partial charge >= 0.3 is 0 Å². The van der Waals surface area contributed by atoms with Crippen molar-refractivity contribution >= 4 is 0 Å². The van der Waals surface area contributed by atoms with Crippen LogP contribution in [-0.2, 0) is 11.3 Å². The molecule has 2 rings (SSSR count). The number of hydrogen-bond acceptors (Lipinski definition) is 2. The van der Waals surface area contributed by atoms with E-state index in [-0.39, 0.29) is 6.61 Å². The zero-order chi connectivity index (χ0) is 13.7. The summed E-state index contributed by atoms with van der Waals surface area (Å²) < 4.78 is 31.8. The van der Waals surface area contributed by atoms with Gasteiger partial charge in [-0.25, -0.2) is 8.78 Å². The van der Waals surface area contributed by atoms with Crippen molar-refractivity contribution in [1.29, 1.82) is 0 Å². The molecule has 1 saturated carbocycles. The number of halogens is 2. The maximum absolute atomic E-state index is 13.4. The molecule has 1 aliphatic rings. The van der Waals surface area contributed by atoms with Gasteiger partial charge in [-0.2, -0.15) is 0 Å². The number of ether oxygens (including phenoxy) is 1. The summed E-state index contributed by atoms with van der Waals surface area (Å²) in [7, 11) is 0. The Hall–Kier alpha value is -1.00. The molecule has 2 unspecified atom stereocenters. The van der Waals surface area contributed by atoms with Crippen LogP contribution in [0.1, 0.15) is 31.2 Å². The molecule has 0 aromatic heterocycles. The predicted molar refractivity (Wildman–Crippen MR) is 70.5 cm³/mol. The van der Waals surface area contributed by atoms with E-state index in [0.717, 1.165) is 18.9 Å². The molecule has 106 valence electrons. The fraction of sp³-hybridized carbons (Fsp3) is 0.600. The predicted octanol–water partition coefficient (Wildman–Crippen LogP) is 3.25. The molecule has 0 bridgehead atoms. The van der Waals surface area contributed by atoms with E-state index in [4.69, 9.17) is 10.5 Å². The van der Waals surface area contributed by atoms with Gasteiger partial charge < -0.3 is 10.5 Å². The highest BCUT2D eigenvalue weighted by molar-refractivity contribution is 5.17. The van der Waals surface area contributed by atoms with E-state index in [2.05, 4.69) is 0 Å². The van der Waals surface area contributed by atoms with Gasteiger partial charge in [0, 0.05) is 11.6 Å². The topological polar surface area (TPSA) is 35.2 Å². The van der Waals surface area contributed by atoms with Crippen LogP contribution in [0.5, 0.6) is 0 Å². The highest BCUT2D eigenvalue weighted by atomic mass is 19.1. The Morgan fingerprint density at radius 1 is 1.16 bits per heavy atom. The molecular weight excluding hydrogens is 248 g/mol. The van der Waals surface area contributed by atoms with Crippen LogP contribution in [-0.4, -0.2) is 13.2 Å². The number of rotatable bonds is 5. The Labute approximate surface area is 112 Å². The van der Waals surface area contributed by atoms with E-state index in [0.29, 0.717) is 30.6 Å². The van der Waals surface area contributed by atoms with Gasteiger partial charge in [0.2, 0.25) is 0 Å². The zero-order valence-electron chi connectivity index (χ0n) is 11.1. The maximum Gasteiger partial charge on any atom is 0.131 e. The molecule has 1 fully saturated rings. The fourth-order valence-corrected chi connectivity index (χ4v) is 2.77. The van der Waals surface area contributed by atoms with Crippen LogP contribution in [0.4, 0.5) is 8.78 Å². The third-order valence-electron chi connectivity index (χ3n) is 3.97. The van der Waals surface area contributed by atoms with E-state index < -0.39 is 11.6 Å². The fourth-order valence-electron chi connectivity index (χ4n) is 2.77. The van der Waals surface area contributed by atoms with Crippen molar-refractivity contribution in [3.63, 3.8) is 0 Å². The van der Waals surface area contributed by atoms with Gasteiger partial charge in [0.1, 0.15) is 11.6 Å². The van der Waals surface area contributed by atoms with Crippen LogP contribution in [0.15, 0.2) is 18.2 Å². The normalized spacial score (nSPS) is 23.5. The molecule has 0 aliphatic heterocycles. The SMILES string of the molecule is NCC1CCCCC1COCc1ccc(F)cc1F. The minimum atomic E-state index is -0.559. The van der Waals surface area contributed by atoms with Crippen molar-refractivity contribution in [3.8, 4) is 0 Å². The molecular formula is C15H21F2NO. The van der Waals surface area contributed by atoms with E-state index in [1.165, 1.54) is 25.0 Å². The largest absolute Gasteiger partial charge is 0.376 e. The molecule has 0 saturated heterocycles. The van der Waals surface area contributed by atoms with E-state index >= 15 is 0 Å². The van der Waals surface area contributed by atoms with Crippen molar-refractivity contribution in [1.82, 2.24) is 0 Å². The first-order chi connectivity index (χ1) is 9.20. The number of hydrogen-bond donors (Lipinski definition) is 1. The summed E-state index contributed by atoms with van der Waals surface area (Å²) in [6.45, 7) is 1.50. The smallest absolute Gasteiger partial charge is 0.131 e. The van der Waals surface area contributed by atoms with E-state index in [9.17, 15) is 8.78 Å². The second-order valence-electron chi connectivity index (χ2n) is 5.29. The highest BCUT2D eigenvalue weighted by Gasteiger charge is 2.23. The van der Waals surface area contributed by atoms with Gasteiger partial charge in [0.15, 0.2) is 0 Å². The van der Waals surface area contributed by atoms with Gasteiger partial charge in [-0.05, 0) is 37.3 Å². The molecule has 0 spiro atoms. The summed E-state index contributed by atoms with van der Waals surface area (Å²) in [5.74, 6) is -0.107. The summed E-state index contributed by atoms with van der Waals surface area (Å²) >= 11 is 0. The maximum atomic E-state index is 13.4. The lowest BCUT2D eigenvalue weighted by Crippen LogP contribution is -2.29. The third-order valence-corrected chi connectivity index (χ3v) is 3.97. The quantitative estimate of drug-likeness (QED) is 0.890. The van der Waals surface area contributed by atoms with Crippen molar-refractivity contribution in [3.05, 3.63) is 35.4 Å². The standard InChI is InChI=1S/C15H21F2NO/c16-14-6-5-13(15(17)7-14)10-19-9-12-4-2-1-3-11(12)8-18/h5-7,11-12H,1-4,8-10,18H2. The van der Waals surface area contributed by atoms with Crippen molar-refractivity contribution in [2.24, 2.45) is 17.6 Å². The average molecular weight is 269 g/mol. The Bertz CT molecular complexity index is 411. The molecule has 0 heterocycles. The first kappa shape index (κ1) is 14.4. The molecule has 2 nitrogen and oxygen atoms in total. The molecule has 19 heavy (non-hydrogen) atoms. The van der Waals surface area contributed by atoms with Crippen LogP contribution in [0.3, 0.4) is 0 Å². The Balaban J connectivity index is 1.82. The molecule has 0 amide bonds. The molecule has 1 aromatic carbocycles. The molecule has 4 heteroatoms. The lowest BCUT2D eigenvalue weighted by molar-refractivity contribution is 0.0499. The van der Waals surface area contributed by atoms with Crippen LogP contribution >= 0.6 is 0 Å². The van der Waals surface area contributed by atoms with Gasteiger partial charge in [-0.15, -0.1) is 0 Å². The molecule has 1 aliphatic carbocycles. The molecule has 0 radical (unpaired) electrons. The Kier molecular flexibility index (Phi) is 5.28. The van der Waals surface area contributed by atoms with Crippen LogP contribution < -0.4 is 5.73 Å². The molecule has 1 aromatic rings. The van der Waals surface area contributed by atoms with Gasteiger partial charge in [0.05, 0.1) is 13.2 Å². The van der Waals surface area contributed by atoms with Gasteiger partial charge in [0.25, 0.3) is 0 Å². The summed E-state index contributed by atoms with van der Waals surface area (Å²) in [5.41, 5.74) is 6.16. The first-order valence-corrected chi connectivity index (χ1v) is 6.92. The van der Waals surface area contributed by atoms with Gasteiger partial charge in [-0.3, -0.25) is 0 Å². The van der Waals surface area contributed by atoms with E-state index in [1.54, 1.807) is 0 Å². The van der Waals surface area contributed by atoms with Crippen LogP contribution in [0.2, 0.25) is 0 Å². The summed E-state index contributed by atoms with van der Waals surface area (Å²) in [6.07, 6.45) is 4.75. The second kappa shape index (κ2) is 6.96. The van der Waals surface area contributed by atoms with Gasteiger partial charge in [-0.1, -0.05) is 18.9 Å². The minimum Gasteiger partial charge on any atom is -0.376 e.